The number of allylic oxidation sites excluding steroid dienone is 3. The second-order valence-corrected chi connectivity index (χ2v) is 6.45. The van der Waals surface area contributed by atoms with Crippen LogP contribution in [-0.4, -0.2) is 18.2 Å². The van der Waals surface area contributed by atoms with Gasteiger partial charge in [-0.2, -0.15) is 0 Å². The third-order valence-electron chi connectivity index (χ3n) is 5.34. The Hall–Kier alpha value is -2.16. The number of benzene rings is 1. The predicted octanol–water partition coefficient (Wildman–Crippen LogP) is 2.90. The Bertz CT molecular complexity index is 701. The minimum Gasteiger partial charge on any atom is -0.355 e. The van der Waals surface area contributed by atoms with E-state index in [0.717, 1.165) is 48.9 Å². The monoisotopic (exact) mass is 293 g/mol. The van der Waals surface area contributed by atoms with Crippen molar-refractivity contribution in [2.45, 2.75) is 31.6 Å². The summed E-state index contributed by atoms with van der Waals surface area (Å²) >= 11 is 0. The van der Waals surface area contributed by atoms with Crippen LogP contribution < -0.4 is 5.32 Å². The van der Waals surface area contributed by atoms with Gasteiger partial charge in [-0.1, -0.05) is 42.5 Å². The van der Waals surface area contributed by atoms with Gasteiger partial charge in [0.15, 0.2) is 5.78 Å². The number of nitrogens with one attached hydrogen (secondary N) is 1. The van der Waals surface area contributed by atoms with Crippen molar-refractivity contribution >= 4 is 11.7 Å². The zero-order valence-electron chi connectivity index (χ0n) is 12.5. The van der Waals surface area contributed by atoms with Gasteiger partial charge in [0.1, 0.15) is 0 Å². The standard InChI is InChI=1S/C19H19NO2/c21-17-14(13-5-2-1-3-6-13)8-9-16-15(17)7-4-10-19(16)11-12-20-18(19)22/h1-3,5-6,8-9,14H,4,7,10-12H2,(H,20,22). The number of amides is 1. The quantitative estimate of drug-likeness (QED) is 0.865. The molecule has 1 aliphatic heterocycles. The summed E-state index contributed by atoms with van der Waals surface area (Å²) in [6.45, 7) is 0.722. The van der Waals surface area contributed by atoms with Gasteiger partial charge in [0.25, 0.3) is 0 Å². The molecule has 2 unspecified atom stereocenters. The maximum atomic E-state index is 13.0. The molecule has 0 bridgehead atoms. The molecule has 1 heterocycles. The van der Waals surface area contributed by atoms with E-state index in [1.807, 2.05) is 36.4 Å². The summed E-state index contributed by atoms with van der Waals surface area (Å²) in [6.07, 6.45) is 7.45. The molecule has 1 amide bonds. The Morgan fingerprint density at radius 2 is 1.91 bits per heavy atom. The van der Waals surface area contributed by atoms with Gasteiger partial charge in [0.05, 0.1) is 11.3 Å². The minimum atomic E-state index is -0.443. The largest absolute Gasteiger partial charge is 0.355 e. The lowest BCUT2D eigenvalue weighted by Crippen LogP contribution is -2.38. The maximum Gasteiger partial charge on any atom is 0.230 e. The van der Waals surface area contributed by atoms with E-state index in [4.69, 9.17) is 0 Å². The lowest BCUT2D eigenvalue weighted by molar-refractivity contribution is -0.126. The van der Waals surface area contributed by atoms with Crippen LogP contribution in [0.3, 0.4) is 0 Å². The molecule has 3 aliphatic rings. The maximum absolute atomic E-state index is 13.0. The van der Waals surface area contributed by atoms with Gasteiger partial charge in [-0.25, -0.2) is 0 Å². The van der Waals surface area contributed by atoms with Gasteiger partial charge in [-0.3, -0.25) is 9.59 Å². The molecule has 1 spiro atoms. The van der Waals surface area contributed by atoms with Gasteiger partial charge in [-0.05, 0) is 36.8 Å². The van der Waals surface area contributed by atoms with Crippen molar-refractivity contribution in [1.82, 2.24) is 5.32 Å². The van der Waals surface area contributed by atoms with Gasteiger partial charge in [-0.15, -0.1) is 0 Å². The number of ketones is 1. The summed E-state index contributed by atoms with van der Waals surface area (Å²) in [5, 5.41) is 2.95. The lowest BCUT2D eigenvalue weighted by atomic mass is 9.65. The predicted molar refractivity (Wildman–Crippen MR) is 84.3 cm³/mol. The highest BCUT2D eigenvalue weighted by Gasteiger charge is 2.49. The molecule has 0 radical (unpaired) electrons. The first-order valence-electron chi connectivity index (χ1n) is 8.02. The Morgan fingerprint density at radius 3 is 2.64 bits per heavy atom. The molecular weight excluding hydrogens is 274 g/mol. The summed E-state index contributed by atoms with van der Waals surface area (Å²) in [5.74, 6) is 0.0948. The average molecular weight is 293 g/mol. The van der Waals surface area contributed by atoms with E-state index in [9.17, 15) is 9.59 Å². The number of carbonyl (C=O) groups is 2. The summed E-state index contributed by atoms with van der Waals surface area (Å²) in [6, 6.07) is 9.89. The molecule has 1 N–H and O–H groups in total. The van der Waals surface area contributed by atoms with Gasteiger partial charge >= 0.3 is 0 Å². The van der Waals surface area contributed by atoms with Crippen molar-refractivity contribution in [1.29, 1.82) is 0 Å². The molecule has 4 rings (SSSR count). The van der Waals surface area contributed by atoms with Gasteiger partial charge in [0.2, 0.25) is 5.91 Å². The molecular formula is C19H19NO2. The smallest absolute Gasteiger partial charge is 0.230 e. The summed E-state index contributed by atoms with van der Waals surface area (Å²) < 4.78 is 0. The third kappa shape index (κ3) is 1.81. The van der Waals surface area contributed by atoms with E-state index in [-0.39, 0.29) is 17.6 Å². The zero-order valence-corrected chi connectivity index (χ0v) is 12.5. The molecule has 0 aromatic heterocycles. The molecule has 1 aromatic carbocycles. The van der Waals surface area contributed by atoms with Gasteiger partial charge < -0.3 is 5.32 Å². The summed E-state index contributed by atoms with van der Waals surface area (Å²) in [5.41, 5.74) is 2.47. The highest BCUT2D eigenvalue weighted by atomic mass is 16.2. The molecule has 2 atom stereocenters. The van der Waals surface area contributed by atoms with Crippen molar-refractivity contribution in [2.24, 2.45) is 5.41 Å². The fourth-order valence-electron chi connectivity index (χ4n) is 4.20. The third-order valence-corrected chi connectivity index (χ3v) is 5.34. The number of rotatable bonds is 1. The SMILES string of the molecule is O=C1C2=C(C=CC1c1ccccc1)C1(CCC2)CCNC1=O. The second-order valence-electron chi connectivity index (χ2n) is 6.45. The highest BCUT2D eigenvalue weighted by molar-refractivity contribution is 6.06. The normalized spacial score (nSPS) is 30.6. The topological polar surface area (TPSA) is 46.2 Å². The fraction of sp³-hybridized carbons (Fsp3) is 0.368. The molecule has 3 nitrogen and oxygen atoms in total. The van der Waals surface area contributed by atoms with E-state index < -0.39 is 5.41 Å². The van der Waals surface area contributed by atoms with Crippen LogP contribution in [0.15, 0.2) is 53.6 Å². The molecule has 1 saturated heterocycles. The summed E-state index contributed by atoms with van der Waals surface area (Å²) in [4.78, 5) is 25.3. The van der Waals surface area contributed by atoms with Crippen LogP contribution in [-0.2, 0) is 9.59 Å². The zero-order chi connectivity index (χ0) is 15.2. The van der Waals surface area contributed by atoms with Crippen molar-refractivity contribution in [2.75, 3.05) is 6.54 Å². The van der Waals surface area contributed by atoms with Crippen LogP contribution in [0.5, 0.6) is 0 Å². The molecule has 3 heteroatoms. The van der Waals surface area contributed by atoms with Gasteiger partial charge in [0, 0.05) is 12.1 Å². The van der Waals surface area contributed by atoms with E-state index in [0.29, 0.717) is 0 Å². The van der Waals surface area contributed by atoms with Crippen LogP contribution in [0.2, 0.25) is 0 Å². The van der Waals surface area contributed by atoms with Crippen LogP contribution in [0.25, 0.3) is 0 Å². The number of fused-ring (bicyclic) bond motifs is 1. The molecule has 22 heavy (non-hydrogen) atoms. The Morgan fingerprint density at radius 1 is 1.09 bits per heavy atom. The number of carbonyl (C=O) groups excluding carboxylic acids is 2. The van der Waals surface area contributed by atoms with Crippen molar-refractivity contribution in [3.8, 4) is 0 Å². The first kappa shape index (κ1) is 13.5. The molecule has 1 aromatic rings. The van der Waals surface area contributed by atoms with Crippen molar-refractivity contribution in [3.05, 3.63) is 59.2 Å². The van der Waals surface area contributed by atoms with E-state index in [1.165, 1.54) is 0 Å². The van der Waals surface area contributed by atoms with E-state index in [1.54, 1.807) is 0 Å². The summed E-state index contributed by atoms with van der Waals surface area (Å²) in [7, 11) is 0. The average Bonchev–Trinajstić information content (AvgIpc) is 2.91. The Labute approximate surface area is 130 Å². The first-order valence-corrected chi connectivity index (χ1v) is 8.02. The molecule has 1 fully saturated rings. The van der Waals surface area contributed by atoms with Crippen molar-refractivity contribution < 1.29 is 9.59 Å². The fourth-order valence-corrected chi connectivity index (χ4v) is 4.20. The highest BCUT2D eigenvalue weighted by Crippen LogP contribution is 2.49. The van der Waals surface area contributed by atoms with Crippen LogP contribution in [0.4, 0.5) is 0 Å². The Kier molecular flexibility index (Phi) is 3.03. The molecule has 0 saturated carbocycles. The van der Waals surface area contributed by atoms with E-state index in [2.05, 4.69) is 11.4 Å². The first-order chi connectivity index (χ1) is 10.7. The number of hydrogen-bond donors (Lipinski definition) is 1. The molecule has 2 aliphatic carbocycles. The van der Waals surface area contributed by atoms with Crippen molar-refractivity contribution in [3.63, 3.8) is 0 Å². The Balaban J connectivity index is 1.76. The number of Topliss-reactive ketones (excluding diaryl/α,β-unsaturated/α-hetero) is 1. The number of hydrogen-bond acceptors (Lipinski definition) is 2. The van der Waals surface area contributed by atoms with Crippen LogP contribution in [0.1, 0.15) is 37.2 Å². The van der Waals surface area contributed by atoms with Crippen LogP contribution >= 0.6 is 0 Å². The molecule has 112 valence electrons. The van der Waals surface area contributed by atoms with Crippen LogP contribution in [0, 0.1) is 5.41 Å². The lowest BCUT2D eigenvalue weighted by Gasteiger charge is -2.36. The van der Waals surface area contributed by atoms with E-state index >= 15 is 0 Å². The second kappa shape index (κ2) is 4.94. The minimum absolute atomic E-state index is 0.107.